The van der Waals surface area contributed by atoms with E-state index in [-0.39, 0.29) is 33.2 Å². The number of benzene rings is 1. The number of carbonyl (C=O) groups excluding carboxylic acids is 2. The lowest BCUT2D eigenvalue weighted by Crippen LogP contribution is -2.14. The molecule has 1 aromatic heterocycles. The Morgan fingerprint density at radius 3 is 2.38 bits per heavy atom. The summed E-state index contributed by atoms with van der Waals surface area (Å²) in [5.41, 5.74) is -1.40. The van der Waals surface area contributed by atoms with E-state index in [9.17, 15) is 22.8 Å². The van der Waals surface area contributed by atoms with Gasteiger partial charge in [0.2, 0.25) is 11.7 Å². The summed E-state index contributed by atoms with van der Waals surface area (Å²) >= 11 is 6.06. The number of aryl methyl sites for hydroxylation is 2. The van der Waals surface area contributed by atoms with Crippen LogP contribution in [0.3, 0.4) is 0 Å². The van der Waals surface area contributed by atoms with Crippen molar-refractivity contribution in [2.24, 2.45) is 0 Å². The molecule has 0 bridgehead atoms. The summed E-state index contributed by atoms with van der Waals surface area (Å²) in [6.07, 6.45) is -3.39. The van der Waals surface area contributed by atoms with Gasteiger partial charge in [0.15, 0.2) is 0 Å². The van der Waals surface area contributed by atoms with Crippen molar-refractivity contribution in [1.82, 2.24) is 9.78 Å². The van der Waals surface area contributed by atoms with Crippen LogP contribution >= 0.6 is 11.6 Å². The van der Waals surface area contributed by atoms with Crippen LogP contribution < -0.4 is 4.74 Å². The van der Waals surface area contributed by atoms with Crippen molar-refractivity contribution in [2.75, 3.05) is 0 Å². The molecule has 1 aromatic carbocycles. The quantitative estimate of drug-likeness (QED) is 0.577. The molecule has 0 spiro atoms. The number of rotatable bonds is 4. The predicted octanol–water partition coefficient (Wildman–Crippen LogP) is 4.35. The van der Waals surface area contributed by atoms with Crippen LogP contribution in [0, 0.1) is 13.8 Å². The molecule has 0 saturated carbocycles. The minimum absolute atomic E-state index is 0.0532. The lowest BCUT2D eigenvalue weighted by molar-refractivity contribution is -0.138. The SMILES string of the molecule is CCn1ncc(C(=O)c2cc(C)c(C(F)(F)F)c(C)c2Cl)c1OC(C)=O. The molecule has 26 heavy (non-hydrogen) atoms. The first kappa shape index (κ1) is 20.0. The van der Waals surface area contributed by atoms with Gasteiger partial charge in [-0.05, 0) is 38.0 Å². The van der Waals surface area contributed by atoms with Crippen LogP contribution in [0.4, 0.5) is 13.2 Å². The van der Waals surface area contributed by atoms with Crippen LogP contribution in [0.25, 0.3) is 0 Å². The third-order valence-corrected chi connectivity index (χ3v) is 4.29. The first-order valence-electron chi connectivity index (χ1n) is 7.64. The number of esters is 1. The second kappa shape index (κ2) is 7.11. The van der Waals surface area contributed by atoms with Crippen LogP contribution in [0.15, 0.2) is 12.3 Å². The topological polar surface area (TPSA) is 61.2 Å². The van der Waals surface area contributed by atoms with Crippen molar-refractivity contribution in [3.05, 3.63) is 45.1 Å². The van der Waals surface area contributed by atoms with Gasteiger partial charge < -0.3 is 4.74 Å². The minimum atomic E-state index is -4.59. The molecule has 0 aliphatic heterocycles. The number of alkyl halides is 3. The van der Waals surface area contributed by atoms with Crippen molar-refractivity contribution in [2.45, 2.75) is 40.4 Å². The van der Waals surface area contributed by atoms with Crippen LogP contribution in [0.1, 0.15) is 46.5 Å². The van der Waals surface area contributed by atoms with Crippen LogP contribution in [-0.2, 0) is 17.5 Å². The number of carbonyl (C=O) groups is 2. The molecule has 0 aliphatic rings. The highest BCUT2D eigenvalue weighted by atomic mass is 35.5. The number of hydrogen-bond donors (Lipinski definition) is 0. The summed E-state index contributed by atoms with van der Waals surface area (Å²) in [7, 11) is 0. The van der Waals surface area contributed by atoms with Crippen LogP contribution in [0.2, 0.25) is 5.02 Å². The molecule has 0 radical (unpaired) electrons. The molecule has 1 heterocycles. The number of ether oxygens (including phenoxy) is 1. The third-order valence-electron chi connectivity index (χ3n) is 3.80. The van der Waals surface area contributed by atoms with Crippen molar-refractivity contribution >= 4 is 23.4 Å². The summed E-state index contributed by atoms with van der Waals surface area (Å²) in [5, 5.41) is 3.66. The van der Waals surface area contributed by atoms with E-state index in [4.69, 9.17) is 16.3 Å². The maximum absolute atomic E-state index is 13.2. The standard InChI is InChI=1S/C17H16ClF3N2O3/c1-5-23-16(26-10(4)24)12(7-22-23)15(25)11-6-8(2)13(17(19,20)21)9(3)14(11)18/h6-7H,5H2,1-4H3. The number of halogens is 4. The molecule has 0 fully saturated rings. The molecule has 140 valence electrons. The maximum Gasteiger partial charge on any atom is 0.416 e. The zero-order valence-corrected chi connectivity index (χ0v) is 15.2. The van der Waals surface area contributed by atoms with Gasteiger partial charge in [-0.25, -0.2) is 4.68 Å². The van der Waals surface area contributed by atoms with E-state index in [1.807, 2.05) is 0 Å². The Balaban J connectivity index is 2.62. The average molecular weight is 389 g/mol. The summed E-state index contributed by atoms with van der Waals surface area (Å²) in [6, 6.07) is 1.08. The Morgan fingerprint density at radius 1 is 1.27 bits per heavy atom. The fourth-order valence-corrected chi connectivity index (χ4v) is 2.94. The number of ketones is 1. The van der Waals surface area contributed by atoms with Gasteiger partial charge in [0.05, 0.1) is 16.8 Å². The second-order valence-corrected chi connectivity index (χ2v) is 6.03. The van der Waals surface area contributed by atoms with Gasteiger partial charge in [-0.15, -0.1) is 0 Å². The first-order chi connectivity index (χ1) is 12.0. The molecule has 0 N–H and O–H groups in total. The van der Waals surface area contributed by atoms with Crippen molar-refractivity contribution < 1.29 is 27.5 Å². The summed E-state index contributed by atoms with van der Waals surface area (Å²) < 4.78 is 45.9. The number of hydrogen-bond acceptors (Lipinski definition) is 4. The maximum atomic E-state index is 13.2. The molecule has 9 heteroatoms. The molecule has 2 aromatic rings. The average Bonchev–Trinajstić information content (AvgIpc) is 2.90. The predicted molar refractivity (Wildman–Crippen MR) is 88.6 cm³/mol. The van der Waals surface area contributed by atoms with E-state index < -0.39 is 23.5 Å². The lowest BCUT2D eigenvalue weighted by Gasteiger charge is -2.17. The van der Waals surface area contributed by atoms with Gasteiger partial charge in [0.25, 0.3) is 0 Å². The van der Waals surface area contributed by atoms with Gasteiger partial charge in [0, 0.05) is 19.0 Å². The van der Waals surface area contributed by atoms with Gasteiger partial charge in [-0.1, -0.05) is 11.6 Å². The van der Waals surface area contributed by atoms with E-state index in [0.29, 0.717) is 6.54 Å². The highest BCUT2D eigenvalue weighted by Gasteiger charge is 2.36. The lowest BCUT2D eigenvalue weighted by atomic mass is 9.95. The summed E-state index contributed by atoms with van der Waals surface area (Å²) in [4.78, 5) is 24.1. The normalized spacial score (nSPS) is 11.5. The fraction of sp³-hybridized carbons (Fsp3) is 0.353. The smallest absolute Gasteiger partial charge is 0.407 e. The molecule has 2 rings (SSSR count). The monoisotopic (exact) mass is 388 g/mol. The zero-order chi connectivity index (χ0) is 19.8. The highest BCUT2D eigenvalue weighted by molar-refractivity contribution is 6.36. The molecular weight excluding hydrogens is 373 g/mol. The van der Waals surface area contributed by atoms with E-state index in [2.05, 4.69) is 5.10 Å². The number of aromatic nitrogens is 2. The zero-order valence-electron chi connectivity index (χ0n) is 14.5. The Hall–Kier alpha value is -2.35. The third kappa shape index (κ3) is 3.60. The summed E-state index contributed by atoms with van der Waals surface area (Å²) in [5.74, 6) is -1.40. The van der Waals surface area contributed by atoms with Gasteiger partial charge in [-0.2, -0.15) is 18.3 Å². The van der Waals surface area contributed by atoms with Crippen molar-refractivity contribution in [1.29, 1.82) is 0 Å². The Bertz CT molecular complexity index is 888. The molecule has 0 unspecified atom stereocenters. The largest absolute Gasteiger partial charge is 0.416 e. The Labute approximate surface area is 152 Å². The van der Waals surface area contributed by atoms with E-state index in [0.717, 1.165) is 6.07 Å². The molecule has 0 aliphatic carbocycles. The Morgan fingerprint density at radius 2 is 1.88 bits per heavy atom. The summed E-state index contributed by atoms with van der Waals surface area (Å²) in [6.45, 7) is 5.69. The number of nitrogens with zero attached hydrogens (tertiary/aromatic N) is 2. The fourth-order valence-electron chi connectivity index (χ4n) is 2.70. The van der Waals surface area contributed by atoms with E-state index in [1.54, 1.807) is 6.92 Å². The van der Waals surface area contributed by atoms with Crippen molar-refractivity contribution in [3.8, 4) is 5.88 Å². The van der Waals surface area contributed by atoms with Gasteiger partial charge >= 0.3 is 12.1 Å². The molecule has 0 amide bonds. The van der Waals surface area contributed by atoms with Crippen LogP contribution in [-0.4, -0.2) is 21.5 Å². The molecular formula is C17H16ClF3N2O3. The first-order valence-corrected chi connectivity index (χ1v) is 8.02. The van der Waals surface area contributed by atoms with Crippen molar-refractivity contribution in [3.63, 3.8) is 0 Å². The van der Waals surface area contributed by atoms with Crippen LogP contribution in [0.5, 0.6) is 5.88 Å². The molecule has 0 saturated heterocycles. The second-order valence-electron chi connectivity index (χ2n) is 5.65. The van der Waals surface area contributed by atoms with E-state index >= 15 is 0 Å². The Kier molecular flexibility index (Phi) is 5.46. The molecule has 5 nitrogen and oxygen atoms in total. The highest BCUT2D eigenvalue weighted by Crippen LogP contribution is 2.39. The van der Waals surface area contributed by atoms with Gasteiger partial charge in [-0.3, -0.25) is 9.59 Å². The minimum Gasteiger partial charge on any atom is -0.407 e. The van der Waals surface area contributed by atoms with E-state index in [1.165, 1.54) is 31.6 Å². The van der Waals surface area contributed by atoms with Gasteiger partial charge in [0.1, 0.15) is 5.56 Å². The molecule has 0 atom stereocenters.